The zero-order valence-electron chi connectivity index (χ0n) is 15.4. The van der Waals surface area contributed by atoms with E-state index in [4.69, 9.17) is 4.74 Å². The van der Waals surface area contributed by atoms with Gasteiger partial charge >= 0.3 is 0 Å². The standard InChI is InChI=1S/C22H21N3O2/c1-14-7-9-16(10-8-14)24-22-23-13-18-19(25-22)11-15(12-20(18)26)17-5-3-4-6-21(17)27-2/h3-10,13,15H,11-12H2,1-2H3,(H,23,24,25)/t15-/m1/s1. The monoisotopic (exact) mass is 359 g/mol. The van der Waals surface area contributed by atoms with Gasteiger partial charge in [0.2, 0.25) is 5.95 Å². The lowest BCUT2D eigenvalue weighted by Gasteiger charge is -2.24. The molecule has 5 nitrogen and oxygen atoms in total. The lowest BCUT2D eigenvalue weighted by molar-refractivity contribution is 0.0962. The second-order valence-electron chi connectivity index (χ2n) is 6.82. The van der Waals surface area contributed by atoms with Crippen molar-refractivity contribution in [3.8, 4) is 5.75 Å². The number of benzene rings is 2. The Bertz CT molecular complexity index is 983. The van der Waals surface area contributed by atoms with E-state index in [-0.39, 0.29) is 11.7 Å². The maximum Gasteiger partial charge on any atom is 0.227 e. The van der Waals surface area contributed by atoms with E-state index in [1.165, 1.54) is 5.56 Å². The van der Waals surface area contributed by atoms with Crippen LogP contribution in [0.2, 0.25) is 0 Å². The number of Topliss-reactive ketones (excluding diaryl/α,β-unsaturated/α-hetero) is 1. The highest BCUT2D eigenvalue weighted by Crippen LogP contribution is 2.36. The van der Waals surface area contributed by atoms with Crippen molar-refractivity contribution in [1.82, 2.24) is 9.97 Å². The number of hydrogen-bond donors (Lipinski definition) is 1. The van der Waals surface area contributed by atoms with Gasteiger partial charge in [-0.15, -0.1) is 0 Å². The largest absolute Gasteiger partial charge is 0.496 e. The van der Waals surface area contributed by atoms with E-state index in [0.29, 0.717) is 24.4 Å². The number of aryl methyl sites for hydroxylation is 1. The van der Waals surface area contributed by atoms with Gasteiger partial charge < -0.3 is 10.1 Å². The number of carbonyl (C=O) groups excluding carboxylic acids is 1. The number of aromatic nitrogens is 2. The quantitative estimate of drug-likeness (QED) is 0.745. The minimum absolute atomic E-state index is 0.0586. The Hall–Kier alpha value is -3.21. The maximum absolute atomic E-state index is 12.6. The number of fused-ring (bicyclic) bond motifs is 1. The van der Waals surface area contributed by atoms with Crippen LogP contribution >= 0.6 is 0 Å². The number of para-hydroxylation sites is 1. The number of ketones is 1. The third-order valence-corrected chi connectivity index (χ3v) is 4.93. The molecule has 1 aliphatic rings. The van der Waals surface area contributed by atoms with Crippen LogP contribution in [0.4, 0.5) is 11.6 Å². The Morgan fingerprint density at radius 2 is 1.85 bits per heavy atom. The number of ether oxygens (including phenoxy) is 1. The molecular weight excluding hydrogens is 338 g/mol. The van der Waals surface area contributed by atoms with Crippen LogP contribution in [0.3, 0.4) is 0 Å². The number of methoxy groups -OCH3 is 1. The van der Waals surface area contributed by atoms with E-state index in [1.807, 2.05) is 55.5 Å². The van der Waals surface area contributed by atoms with Gasteiger partial charge in [-0.05, 0) is 37.1 Å². The highest BCUT2D eigenvalue weighted by molar-refractivity contribution is 5.98. The molecule has 4 rings (SSSR count). The first-order valence-corrected chi connectivity index (χ1v) is 9.00. The fourth-order valence-corrected chi connectivity index (χ4v) is 3.49. The van der Waals surface area contributed by atoms with Gasteiger partial charge in [-0.25, -0.2) is 9.97 Å². The van der Waals surface area contributed by atoms with Crippen molar-refractivity contribution in [2.75, 3.05) is 12.4 Å². The highest BCUT2D eigenvalue weighted by atomic mass is 16.5. The lowest BCUT2D eigenvalue weighted by Crippen LogP contribution is -2.21. The predicted molar refractivity (Wildman–Crippen MR) is 105 cm³/mol. The Labute approximate surface area is 158 Å². The zero-order chi connectivity index (χ0) is 18.8. The smallest absolute Gasteiger partial charge is 0.227 e. The number of nitrogens with zero attached hydrogens (tertiary/aromatic N) is 2. The first-order chi connectivity index (χ1) is 13.1. The van der Waals surface area contributed by atoms with Gasteiger partial charge in [0.1, 0.15) is 5.75 Å². The average molecular weight is 359 g/mol. The van der Waals surface area contributed by atoms with E-state index >= 15 is 0 Å². The van der Waals surface area contributed by atoms with Crippen molar-refractivity contribution >= 4 is 17.4 Å². The number of carbonyl (C=O) groups is 1. The van der Waals surface area contributed by atoms with Crippen molar-refractivity contribution in [3.63, 3.8) is 0 Å². The third-order valence-electron chi connectivity index (χ3n) is 4.93. The number of hydrogen-bond acceptors (Lipinski definition) is 5. The summed E-state index contributed by atoms with van der Waals surface area (Å²) >= 11 is 0. The van der Waals surface area contributed by atoms with Crippen LogP contribution in [0, 0.1) is 6.92 Å². The fraction of sp³-hybridized carbons (Fsp3) is 0.227. The van der Waals surface area contributed by atoms with Crippen molar-refractivity contribution in [1.29, 1.82) is 0 Å². The van der Waals surface area contributed by atoms with Gasteiger partial charge in [-0.2, -0.15) is 0 Å². The molecule has 136 valence electrons. The molecule has 0 fully saturated rings. The van der Waals surface area contributed by atoms with E-state index in [0.717, 1.165) is 22.7 Å². The summed E-state index contributed by atoms with van der Waals surface area (Å²) in [6.07, 6.45) is 2.77. The van der Waals surface area contributed by atoms with Gasteiger partial charge in [0.25, 0.3) is 0 Å². The van der Waals surface area contributed by atoms with Crippen LogP contribution < -0.4 is 10.1 Å². The summed E-state index contributed by atoms with van der Waals surface area (Å²) in [5, 5.41) is 3.22. The second kappa shape index (κ2) is 7.19. The minimum Gasteiger partial charge on any atom is -0.496 e. The number of anilines is 2. The second-order valence-corrected chi connectivity index (χ2v) is 6.82. The molecule has 0 aliphatic heterocycles. The molecule has 1 atom stereocenters. The molecule has 1 heterocycles. The maximum atomic E-state index is 12.6. The van der Waals surface area contributed by atoms with Crippen LogP contribution in [0.15, 0.2) is 54.7 Å². The summed E-state index contributed by atoms with van der Waals surface area (Å²) in [4.78, 5) is 21.6. The molecule has 3 aromatic rings. The van der Waals surface area contributed by atoms with Crippen LogP contribution in [0.5, 0.6) is 5.75 Å². The topological polar surface area (TPSA) is 64.1 Å². The van der Waals surface area contributed by atoms with E-state index in [9.17, 15) is 4.79 Å². The van der Waals surface area contributed by atoms with Crippen LogP contribution in [-0.4, -0.2) is 22.9 Å². The Morgan fingerprint density at radius 3 is 2.63 bits per heavy atom. The van der Waals surface area contributed by atoms with E-state index in [1.54, 1.807) is 13.3 Å². The lowest BCUT2D eigenvalue weighted by atomic mass is 9.82. The molecule has 1 N–H and O–H groups in total. The molecule has 0 unspecified atom stereocenters. The summed E-state index contributed by atoms with van der Waals surface area (Å²) in [5.41, 5.74) is 4.56. The molecule has 0 amide bonds. The summed E-state index contributed by atoms with van der Waals surface area (Å²) < 4.78 is 5.48. The zero-order valence-corrected chi connectivity index (χ0v) is 15.4. The van der Waals surface area contributed by atoms with Crippen molar-refractivity contribution in [3.05, 3.63) is 77.1 Å². The first-order valence-electron chi connectivity index (χ1n) is 9.00. The number of rotatable bonds is 4. The van der Waals surface area contributed by atoms with Crippen molar-refractivity contribution < 1.29 is 9.53 Å². The SMILES string of the molecule is COc1ccccc1[C@H]1CC(=O)c2cnc(Nc3ccc(C)cc3)nc2C1. The molecule has 2 aromatic carbocycles. The highest BCUT2D eigenvalue weighted by Gasteiger charge is 2.29. The van der Waals surface area contributed by atoms with Gasteiger partial charge in [0.05, 0.1) is 18.4 Å². The number of nitrogens with one attached hydrogen (secondary N) is 1. The van der Waals surface area contributed by atoms with Crippen LogP contribution in [0.1, 0.15) is 39.5 Å². The molecule has 5 heteroatoms. The average Bonchev–Trinajstić information content (AvgIpc) is 2.69. The Balaban J connectivity index is 1.62. The molecule has 0 saturated heterocycles. The van der Waals surface area contributed by atoms with Gasteiger partial charge in [0, 0.05) is 24.2 Å². The summed E-state index contributed by atoms with van der Waals surface area (Å²) in [7, 11) is 1.66. The fourth-order valence-electron chi connectivity index (χ4n) is 3.49. The van der Waals surface area contributed by atoms with Crippen molar-refractivity contribution in [2.45, 2.75) is 25.7 Å². The van der Waals surface area contributed by atoms with Crippen molar-refractivity contribution in [2.24, 2.45) is 0 Å². The molecule has 1 aromatic heterocycles. The predicted octanol–water partition coefficient (Wildman–Crippen LogP) is 4.45. The molecule has 1 aliphatic carbocycles. The van der Waals surface area contributed by atoms with E-state index in [2.05, 4.69) is 15.3 Å². The molecule has 0 bridgehead atoms. The van der Waals surface area contributed by atoms with Gasteiger partial charge in [0.15, 0.2) is 5.78 Å². The molecule has 27 heavy (non-hydrogen) atoms. The Kier molecular flexibility index (Phi) is 4.59. The molecular formula is C22H21N3O2. The summed E-state index contributed by atoms with van der Waals surface area (Å²) in [6, 6.07) is 15.9. The van der Waals surface area contributed by atoms with Gasteiger partial charge in [-0.1, -0.05) is 35.9 Å². The molecule has 0 spiro atoms. The molecule has 0 radical (unpaired) electrons. The van der Waals surface area contributed by atoms with Crippen LogP contribution in [-0.2, 0) is 6.42 Å². The normalized spacial score (nSPS) is 15.9. The first kappa shape index (κ1) is 17.2. The Morgan fingerprint density at radius 1 is 1.07 bits per heavy atom. The molecule has 0 saturated carbocycles. The summed E-state index contributed by atoms with van der Waals surface area (Å²) in [6.45, 7) is 2.04. The van der Waals surface area contributed by atoms with Gasteiger partial charge in [-0.3, -0.25) is 4.79 Å². The minimum atomic E-state index is 0.0586. The van der Waals surface area contributed by atoms with E-state index < -0.39 is 0 Å². The third kappa shape index (κ3) is 3.53. The summed E-state index contributed by atoms with van der Waals surface area (Å²) in [5.74, 6) is 1.45. The van der Waals surface area contributed by atoms with Crippen LogP contribution in [0.25, 0.3) is 0 Å².